The summed E-state index contributed by atoms with van der Waals surface area (Å²) in [6, 6.07) is 0. The molecule has 0 aromatic heterocycles. The van der Waals surface area contributed by atoms with E-state index in [1.54, 1.807) is 11.1 Å². The summed E-state index contributed by atoms with van der Waals surface area (Å²) < 4.78 is 0. The average Bonchev–Trinajstić information content (AvgIpc) is 3.56. The Hall–Kier alpha value is -3.15. The molecule has 4 saturated carbocycles. The van der Waals surface area contributed by atoms with Crippen LogP contribution < -0.4 is 0 Å². The van der Waals surface area contributed by atoms with Crippen LogP contribution in [0.2, 0.25) is 0 Å². The summed E-state index contributed by atoms with van der Waals surface area (Å²) in [5.74, 6) is 2.80. The first-order chi connectivity index (χ1) is 21.0. The fraction of sp³-hybridized carbons (Fsp3) is 0.625. The number of hydrogen-bond donors (Lipinski definition) is 3. The molecule has 0 aromatic carbocycles. The van der Waals surface area contributed by atoms with E-state index in [4.69, 9.17) is 15.3 Å². The highest BCUT2D eigenvalue weighted by atomic mass is 16.4. The highest BCUT2D eigenvalue weighted by Crippen LogP contribution is 2.60. The van der Waals surface area contributed by atoms with Crippen molar-refractivity contribution in [1.29, 1.82) is 0 Å². The molecular formula is C40H62O6. The van der Waals surface area contributed by atoms with Gasteiger partial charge in [-0.25, -0.2) is 14.4 Å². The molecule has 0 aliphatic heterocycles. The first kappa shape index (κ1) is 40.9. The predicted octanol–water partition coefficient (Wildman–Crippen LogP) is 10.2. The van der Waals surface area contributed by atoms with Crippen molar-refractivity contribution in [3.63, 3.8) is 0 Å². The molecule has 258 valence electrons. The van der Waals surface area contributed by atoms with Gasteiger partial charge in [-0.2, -0.15) is 0 Å². The van der Waals surface area contributed by atoms with Gasteiger partial charge < -0.3 is 15.3 Å². The third-order valence-electron chi connectivity index (χ3n) is 12.0. The van der Waals surface area contributed by atoms with Crippen molar-refractivity contribution in [2.75, 3.05) is 0 Å². The molecule has 6 atom stereocenters. The maximum Gasteiger partial charge on any atom is 0.330 e. The van der Waals surface area contributed by atoms with Crippen molar-refractivity contribution in [3.8, 4) is 0 Å². The van der Waals surface area contributed by atoms with Crippen LogP contribution in [-0.4, -0.2) is 33.2 Å². The third kappa shape index (κ3) is 10.2. The molecule has 6 nitrogen and oxygen atoms in total. The summed E-state index contributed by atoms with van der Waals surface area (Å²) >= 11 is 0. The summed E-state index contributed by atoms with van der Waals surface area (Å²) in [6.45, 7) is 33.7. The van der Waals surface area contributed by atoms with Gasteiger partial charge in [-0.05, 0) is 117 Å². The summed E-state index contributed by atoms with van der Waals surface area (Å²) in [7, 11) is 0. The van der Waals surface area contributed by atoms with E-state index in [0.717, 1.165) is 47.7 Å². The van der Waals surface area contributed by atoms with E-state index >= 15 is 0 Å². The lowest BCUT2D eigenvalue weighted by Gasteiger charge is -2.56. The molecule has 8 aliphatic carbocycles. The number of aliphatic carboxylic acids is 3. The lowest BCUT2D eigenvalue weighted by atomic mass is 9.49. The zero-order valence-corrected chi connectivity index (χ0v) is 30.1. The Labute approximate surface area is 279 Å². The molecule has 4 fully saturated rings. The van der Waals surface area contributed by atoms with E-state index in [9.17, 15) is 14.4 Å². The Bertz CT molecular complexity index is 1150. The van der Waals surface area contributed by atoms with Gasteiger partial charge in [0.05, 0.1) is 0 Å². The van der Waals surface area contributed by atoms with Crippen LogP contribution >= 0.6 is 0 Å². The standard InChI is InChI=1S/3C10H16.C4H6O2.2C3H4O2/c1-7-8-4-5-9(6-8)10(7,2)3;2*1-7-4-5-8-6-9(7)10(8,2)3;1-3(2)4(5)6;2*1-2-3(4)5/h8-9H,1,4-6H2,2-3H3;2*4,8-9H,5-6H2,1-3H3;1H2,2H3,(H,5,6);2*2H,1H2,(H,4,5). The SMILES string of the molecule is C=C(C)C(=O)O.C=C1C2CCC(C2)C1(C)C.C=CC(=O)O.C=CC(=O)O.CC1=CCC2CC1C2(C)C.CC1=CCC2CC1C2(C)C. The first-order valence-electron chi connectivity index (χ1n) is 16.7. The summed E-state index contributed by atoms with van der Waals surface area (Å²) in [5, 5.41) is 23.1. The van der Waals surface area contributed by atoms with E-state index in [2.05, 4.69) is 93.9 Å². The summed E-state index contributed by atoms with van der Waals surface area (Å²) in [5.41, 5.74) is 6.75. The minimum absolute atomic E-state index is 0.176. The predicted molar refractivity (Wildman–Crippen MR) is 189 cm³/mol. The Kier molecular flexibility index (Phi) is 14.8. The molecule has 8 aliphatic rings. The number of carboxylic acids is 3. The van der Waals surface area contributed by atoms with E-state index in [-0.39, 0.29) is 5.57 Å². The van der Waals surface area contributed by atoms with E-state index in [1.165, 1.54) is 57.4 Å². The smallest absolute Gasteiger partial charge is 0.330 e. The van der Waals surface area contributed by atoms with Crippen LogP contribution in [0.25, 0.3) is 0 Å². The molecule has 0 spiro atoms. The lowest BCUT2D eigenvalue weighted by molar-refractivity contribution is -0.133. The van der Waals surface area contributed by atoms with Gasteiger partial charge in [0.2, 0.25) is 0 Å². The number of hydrogen-bond acceptors (Lipinski definition) is 3. The van der Waals surface area contributed by atoms with Crippen LogP contribution in [0.1, 0.15) is 107 Å². The molecule has 0 radical (unpaired) electrons. The molecule has 0 heterocycles. The molecule has 8 rings (SSSR count). The number of rotatable bonds is 3. The van der Waals surface area contributed by atoms with Crippen molar-refractivity contribution < 1.29 is 29.7 Å². The van der Waals surface area contributed by atoms with Crippen LogP contribution in [0, 0.1) is 51.8 Å². The Morgan fingerprint density at radius 3 is 1.22 bits per heavy atom. The van der Waals surface area contributed by atoms with Crippen molar-refractivity contribution in [2.24, 2.45) is 51.8 Å². The molecule has 0 amide bonds. The number of allylic oxidation sites excluding steroid dienone is 5. The van der Waals surface area contributed by atoms with Gasteiger partial charge in [-0.1, -0.05) is 96.7 Å². The molecular weight excluding hydrogens is 576 g/mol. The highest BCUT2D eigenvalue weighted by Gasteiger charge is 2.51. The second-order valence-electron chi connectivity index (χ2n) is 15.6. The minimum Gasteiger partial charge on any atom is -0.478 e. The zero-order valence-electron chi connectivity index (χ0n) is 30.1. The maximum atomic E-state index is 9.60. The van der Waals surface area contributed by atoms with E-state index < -0.39 is 17.9 Å². The monoisotopic (exact) mass is 638 g/mol. The van der Waals surface area contributed by atoms with Crippen LogP contribution in [-0.2, 0) is 14.4 Å². The van der Waals surface area contributed by atoms with Gasteiger partial charge in [-0.15, -0.1) is 0 Å². The van der Waals surface area contributed by atoms with Gasteiger partial charge >= 0.3 is 17.9 Å². The molecule has 0 aromatic rings. The molecule has 6 heteroatoms. The first-order valence-corrected chi connectivity index (χ1v) is 16.7. The highest BCUT2D eigenvalue weighted by molar-refractivity contribution is 5.84. The van der Waals surface area contributed by atoms with Crippen LogP contribution in [0.4, 0.5) is 0 Å². The number of carboxylic acid groups (broad SMARTS) is 3. The van der Waals surface area contributed by atoms with Gasteiger partial charge in [0.1, 0.15) is 0 Å². The molecule has 46 heavy (non-hydrogen) atoms. The minimum atomic E-state index is -0.981. The fourth-order valence-corrected chi connectivity index (χ4v) is 8.06. The maximum absolute atomic E-state index is 9.60. The molecule has 0 saturated heterocycles. The second kappa shape index (κ2) is 16.6. The van der Waals surface area contributed by atoms with E-state index in [1.807, 2.05) is 0 Å². The number of fused-ring (bicyclic) bond motifs is 4. The van der Waals surface area contributed by atoms with Crippen LogP contribution in [0.3, 0.4) is 0 Å². The Balaban J connectivity index is 0.000000284. The zero-order chi connectivity index (χ0) is 35.8. The average molecular weight is 639 g/mol. The number of carbonyl (C=O) groups is 3. The molecule has 3 N–H and O–H groups in total. The van der Waals surface area contributed by atoms with Gasteiger partial charge in [0.25, 0.3) is 0 Å². The third-order valence-corrected chi connectivity index (χ3v) is 12.0. The largest absolute Gasteiger partial charge is 0.478 e. The van der Waals surface area contributed by atoms with Crippen molar-refractivity contribution in [1.82, 2.24) is 0 Å². The lowest BCUT2D eigenvalue weighted by Crippen LogP contribution is -2.47. The van der Waals surface area contributed by atoms with Crippen LogP contribution in [0.15, 0.2) is 72.9 Å². The summed E-state index contributed by atoms with van der Waals surface area (Å²) in [6.07, 6.45) is 16.5. The van der Waals surface area contributed by atoms with Crippen LogP contribution in [0.5, 0.6) is 0 Å². The molecule has 6 unspecified atom stereocenters. The van der Waals surface area contributed by atoms with Crippen molar-refractivity contribution in [3.05, 3.63) is 72.9 Å². The Morgan fingerprint density at radius 1 is 0.739 bits per heavy atom. The van der Waals surface area contributed by atoms with Gasteiger partial charge in [-0.3, -0.25) is 0 Å². The van der Waals surface area contributed by atoms with Gasteiger partial charge in [0.15, 0.2) is 0 Å². The fourth-order valence-electron chi connectivity index (χ4n) is 8.06. The van der Waals surface area contributed by atoms with Crippen molar-refractivity contribution >= 4 is 17.9 Å². The summed E-state index contributed by atoms with van der Waals surface area (Å²) in [4.78, 5) is 28.1. The normalized spacial score (nSPS) is 30.0. The van der Waals surface area contributed by atoms with Gasteiger partial charge in [0, 0.05) is 17.7 Å². The van der Waals surface area contributed by atoms with E-state index in [0.29, 0.717) is 16.2 Å². The topological polar surface area (TPSA) is 112 Å². The van der Waals surface area contributed by atoms with Crippen molar-refractivity contribution in [2.45, 2.75) is 107 Å². The molecule has 6 bridgehead atoms. The Morgan fingerprint density at radius 2 is 1.09 bits per heavy atom. The second-order valence-corrected chi connectivity index (χ2v) is 15.6. The quantitative estimate of drug-likeness (QED) is 0.209.